The summed E-state index contributed by atoms with van der Waals surface area (Å²) < 4.78 is 12.5. The van der Waals surface area contributed by atoms with E-state index in [2.05, 4.69) is 5.32 Å². The van der Waals surface area contributed by atoms with E-state index in [1.807, 2.05) is 73.6 Å². The van der Waals surface area contributed by atoms with E-state index in [0.29, 0.717) is 11.4 Å². The molecule has 0 unspecified atom stereocenters. The predicted octanol–water partition coefficient (Wildman–Crippen LogP) is 3.22. The maximum Gasteiger partial charge on any atom is 0.0666 e. The molecule has 0 spiro atoms. The van der Waals surface area contributed by atoms with E-state index in [-0.39, 0.29) is 17.1 Å². The summed E-state index contributed by atoms with van der Waals surface area (Å²) in [7, 11) is -1.64. The van der Waals surface area contributed by atoms with Gasteiger partial charge in [0.2, 0.25) is 0 Å². The van der Waals surface area contributed by atoms with Crippen molar-refractivity contribution in [2.75, 3.05) is 6.54 Å². The van der Waals surface area contributed by atoms with Crippen LogP contribution in [0.25, 0.3) is 0 Å². The van der Waals surface area contributed by atoms with Crippen molar-refractivity contribution in [3.63, 3.8) is 0 Å². The number of fused-ring (bicyclic) bond motifs is 1. The van der Waals surface area contributed by atoms with Crippen LogP contribution in [-0.2, 0) is 25.9 Å². The third-order valence-corrected chi connectivity index (χ3v) is 8.02. The van der Waals surface area contributed by atoms with Gasteiger partial charge < -0.3 is 25.1 Å². The van der Waals surface area contributed by atoms with Gasteiger partial charge in [-0.1, -0.05) is 18.2 Å². The first-order chi connectivity index (χ1) is 14.0. The van der Waals surface area contributed by atoms with Gasteiger partial charge in [0.25, 0.3) is 0 Å². The predicted molar refractivity (Wildman–Crippen MR) is 125 cm³/mol. The molecule has 0 amide bonds. The van der Waals surface area contributed by atoms with Crippen LogP contribution in [0.5, 0.6) is 0 Å². The molecule has 0 aromatic heterocycles. The number of benzene rings is 1. The number of piperidine rings is 1. The number of rotatable bonds is 4. The molecule has 7 nitrogen and oxygen atoms in total. The number of nitrogens with two attached hydrogens (primary N) is 1. The normalized spacial score (nSPS) is 26.5. The molecule has 2 heterocycles. The van der Waals surface area contributed by atoms with Gasteiger partial charge in [-0.25, -0.2) is 10.6 Å². The molecule has 176 valence electrons. The fourth-order valence-corrected chi connectivity index (χ4v) is 6.21. The van der Waals surface area contributed by atoms with Crippen LogP contribution in [0, 0.1) is 0 Å². The molecule has 31 heavy (non-hydrogen) atoms. The summed E-state index contributed by atoms with van der Waals surface area (Å²) in [6.45, 7) is 16.5. The summed E-state index contributed by atoms with van der Waals surface area (Å²) in [6, 6.07) is 6.12. The summed E-state index contributed by atoms with van der Waals surface area (Å²) in [5.74, 6) is 0. The highest BCUT2D eigenvalue weighted by molar-refractivity contribution is 7.83. The minimum absolute atomic E-state index is 0.157. The first-order valence-corrected chi connectivity index (χ1v) is 12.1. The van der Waals surface area contributed by atoms with Crippen molar-refractivity contribution < 1.29 is 14.6 Å². The van der Waals surface area contributed by atoms with Gasteiger partial charge in [-0.3, -0.25) is 0 Å². The lowest BCUT2D eigenvalue weighted by atomic mass is 9.79. The molecule has 1 aromatic carbocycles. The Balaban J connectivity index is 1.87. The second-order valence-corrected chi connectivity index (χ2v) is 12.4. The molecule has 0 atom stereocenters. The lowest BCUT2D eigenvalue weighted by Gasteiger charge is -2.51. The molecule has 2 aliphatic rings. The third-order valence-electron chi connectivity index (χ3n) is 7.15. The Morgan fingerprint density at radius 3 is 2.03 bits per heavy atom. The van der Waals surface area contributed by atoms with Gasteiger partial charge in [0, 0.05) is 23.7 Å². The summed E-state index contributed by atoms with van der Waals surface area (Å²) in [5, 5.41) is 33.6. The molecule has 3 rings (SSSR count). The smallest absolute Gasteiger partial charge is 0.0666 e. The second kappa shape index (κ2) is 7.80. The summed E-state index contributed by atoms with van der Waals surface area (Å²) >= 11 is 0. The molecule has 8 heteroatoms. The Labute approximate surface area is 188 Å². The number of hydrogen-bond donors (Lipinski definition) is 4. The molecular weight excluding hydrogens is 412 g/mol. The highest BCUT2D eigenvalue weighted by atomic mass is 32.2. The van der Waals surface area contributed by atoms with Gasteiger partial charge in [0.05, 0.1) is 11.1 Å². The Kier molecular flexibility index (Phi) is 6.20. The van der Waals surface area contributed by atoms with Crippen LogP contribution >= 0.6 is 0 Å². The molecule has 5 N–H and O–H groups in total. The first-order valence-electron chi connectivity index (χ1n) is 10.9. The van der Waals surface area contributed by atoms with Crippen molar-refractivity contribution in [3.05, 3.63) is 34.9 Å². The van der Waals surface area contributed by atoms with Crippen LogP contribution in [0.1, 0.15) is 84.9 Å². The van der Waals surface area contributed by atoms with Crippen molar-refractivity contribution in [3.8, 4) is 0 Å². The molecule has 0 bridgehead atoms. The van der Waals surface area contributed by atoms with E-state index in [0.717, 1.165) is 29.5 Å². The Morgan fingerprint density at radius 1 is 1.00 bits per heavy atom. The molecular formula is C23H39N4O3S-. The highest BCUT2D eigenvalue weighted by Gasteiger charge is 2.49. The van der Waals surface area contributed by atoms with Crippen molar-refractivity contribution in [1.29, 1.82) is 0 Å². The van der Waals surface area contributed by atoms with Gasteiger partial charge in [0.1, 0.15) is 0 Å². The van der Waals surface area contributed by atoms with Gasteiger partial charge in [0.15, 0.2) is 0 Å². The number of hydrogen-bond acceptors (Lipinski definition) is 7. The summed E-state index contributed by atoms with van der Waals surface area (Å²) in [5.41, 5.74) is 1.08. The molecule has 0 radical (unpaired) electrons. The van der Waals surface area contributed by atoms with Crippen LogP contribution in [0.15, 0.2) is 18.2 Å². The maximum absolute atomic E-state index is 12.5. The molecule has 2 aliphatic heterocycles. The van der Waals surface area contributed by atoms with E-state index < -0.39 is 21.7 Å². The zero-order valence-corrected chi connectivity index (χ0v) is 20.9. The van der Waals surface area contributed by atoms with E-state index >= 15 is 0 Å². The van der Waals surface area contributed by atoms with Gasteiger partial charge >= 0.3 is 0 Å². The van der Waals surface area contributed by atoms with Crippen LogP contribution < -0.4 is 10.5 Å². The third kappa shape index (κ3) is 4.19. The van der Waals surface area contributed by atoms with Gasteiger partial charge in [-0.2, -0.15) is 10.1 Å². The second-order valence-electron chi connectivity index (χ2n) is 11.3. The van der Waals surface area contributed by atoms with Crippen molar-refractivity contribution in [2.45, 2.75) is 96.4 Å². The standard InChI is InChI=1S/C23H39N4O3S/c1-20(2)12-16(13-21(3,4)26(20)28)25-14-19(31(24)30)15-9-10-17-18(11-15)23(7,8)27(29)22(17,5)6/h9-11,16,25,28-29H,12-14H2,1-8H3,(H2,24,30)/q-1. The van der Waals surface area contributed by atoms with Crippen LogP contribution in [0.4, 0.5) is 0 Å². The number of nitrogens with zero attached hydrogens (tertiary/aromatic N) is 2. The Bertz CT molecular complexity index is 930. The first kappa shape index (κ1) is 24.6. The van der Waals surface area contributed by atoms with Crippen LogP contribution in [0.3, 0.4) is 0 Å². The average Bonchev–Trinajstić information content (AvgIpc) is 2.77. The lowest BCUT2D eigenvalue weighted by molar-refractivity contribution is -0.246. The largest absolute Gasteiger partial charge is 0.447 e. The number of nitrogens with one attached hydrogen (secondary N) is 1. The van der Waals surface area contributed by atoms with Gasteiger partial charge in [-0.05, 0) is 84.9 Å². The minimum atomic E-state index is -1.64. The fraction of sp³-hybridized carbons (Fsp3) is 0.696. The summed E-state index contributed by atoms with van der Waals surface area (Å²) in [6.07, 6.45) is 1.53. The molecule has 1 saturated heterocycles. The summed E-state index contributed by atoms with van der Waals surface area (Å²) in [4.78, 5) is 0.634. The van der Waals surface area contributed by atoms with Gasteiger partial charge in [-0.15, -0.1) is 4.86 Å². The maximum atomic E-state index is 12.5. The fourth-order valence-electron chi connectivity index (χ4n) is 5.63. The van der Waals surface area contributed by atoms with E-state index in [4.69, 9.17) is 5.14 Å². The van der Waals surface area contributed by atoms with Crippen molar-refractivity contribution in [1.82, 2.24) is 15.4 Å². The van der Waals surface area contributed by atoms with Crippen LogP contribution in [0.2, 0.25) is 0 Å². The lowest BCUT2D eigenvalue weighted by Crippen LogP contribution is -2.62. The number of hydroxylamine groups is 4. The Morgan fingerprint density at radius 2 is 1.52 bits per heavy atom. The van der Waals surface area contributed by atoms with E-state index in [9.17, 15) is 14.6 Å². The van der Waals surface area contributed by atoms with Crippen molar-refractivity contribution in [2.24, 2.45) is 5.14 Å². The van der Waals surface area contributed by atoms with E-state index in [1.54, 1.807) is 0 Å². The van der Waals surface area contributed by atoms with E-state index in [1.165, 1.54) is 10.1 Å². The average molecular weight is 452 g/mol. The molecule has 0 aliphatic carbocycles. The van der Waals surface area contributed by atoms with Crippen molar-refractivity contribution >= 4 is 15.4 Å². The molecule has 0 saturated carbocycles. The zero-order chi connectivity index (χ0) is 23.6. The molecule has 1 fully saturated rings. The SMILES string of the molecule is CC1(C)CC(NCC(c2ccc3c(c2)C(C)(C)N(O)C3(C)C)=[S-](N)=O)CC(C)(C)N1O. The minimum Gasteiger partial charge on any atom is -0.447 e. The topological polar surface area (TPSA) is 102 Å². The monoisotopic (exact) mass is 451 g/mol. The van der Waals surface area contributed by atoms with Crippen LogP contribution in [-0.4, -0.2) is 49.1 Å². The highest BCUT2D eigenvalue weighted by Crippen LogP contribution is 2.48. The molecule has 1 aromatic rings. The quantitative estimate of drug-likeness (QED) is 0.318. The Hall–Kier alpha value is -1.00. The zero-order valence-electron chi connectivity index (χ0n) is 20.1.